The molecule has 0 unspecified atom stereocenters. The molecule has 110 valence electrons. The third kappa shape index (κ3) is 2.91. The Morgan fingerprint density at radius 2 is 2.10 bits per heavy atom. The summed E-state index contributed by atoms with van der Waals surface area (Å²) in [5, 5.41) is 10.8. The van der Waals surface area contributed by atoms with E-state index in [0.29, 0.717) is 6.54 Å². The molecule has 1 aromatic carbocycles. The predicted molar refractivity (Wildman–Crippen MR) is 74.7 cm³/mol. The smallest absolute Gasteiger partial charge is 0.293 e. The topological polar surface area (TPSA) is 115 Å². The standard InChI is InChI=1S/C12H17N3O4S/c1-12(5-2-6-12)8-14-20(18,19)9-3-4-10(13)11(7-9)15(16)17/h3-4,7,14H,2,5-6,8,13H2,1H3. The molecule has 3 N–H and O–H groups in total. The largest absolute Gasteiger partial charge is 0.393 e. The minimum Gasteiger partial charge on any atom is -0.393 e. The Kier molecular flexibility index (Phi) is 3.70. The van der Waals surface area contributed by atoms with Crippen molar-refractivity contribution < 1.29 is 13.3 Å². The van der Waals surface area contributed by atoms with Crippen molar-refractivity contribution in [1.82, 2.24) is 4.72 Å². The summed E-state index contributed by atoms with van der Waals surface area (Å²) >= 11 is 0. The number of hydrogen-bond acceptors (Lipinski definition) is 5. The zero-order valence-corrected chi connectivity index (χ0v) is 11.9. The van der Waals surface area contributed by atoms with E-state index in [4.69, 9.17) is 5.73 Å². The highest BCUT2D eigenvalue weighted by Crippen LogP contribution is 2.39. The van der Waals surface area contributed by atoms with Crippen LogP contribution in [-0.4, -0.2) is 19.9 Å². The highest BCUT2D eigenvalue weighted by Gasteiger charge is 2.33. The Balaban J connectivity index is 2.21. The van der Waals surface area contributed by atoms with Gasteiger partial charge in [0.1, 0.15) is 5.69 Å². The van der Waals surface area contributed by atoms with Gasteiger partial charge in [-0.3, -0.25) is 10.1 Å². The third-order valence-corrected chi connectivity index (χ3v) is 5.16. The molecule has 0 bridgehead atoms. The monoisotopic (exact) mass is 299 g/mol. The quantitative estimate of drug-likeness (QED) is 0.487. The maximum atomic E-state index is 12.1. The summed E-state index contributed by atoms with van der Waals surface area (Å²) in [4.78, 5) is 9.95. The number of nitrogens with two attached hydrogens (primary N) is 1. The van der Waals surface area contributed by atoms with Crippen molar-refractivity contribution >= 4 is 21.4 Å². The molecule has 1 aliphatic carbocycles. The van der Waals surface area contributed by atoms with Crippen molar-refractivity contribution in [2.45, 2.75) is 31.1 Å². The molecular weight excluding hydrogens is 282 g/mol. The van der Waals surface area contributed by atoms with Crippen molar-refractivity contribution in [3.63, 3.8) is 0 Å². The second-order valence-corrected chi connectivity index (χ2v) is 7.23. The van der Waals surface area contributed by atoms with E-state index in [1.54, 1.807) is 0 Å². The molecule has 0 saturated heterocycles. The van der Waals surface area contributed by atoms with Crippen molar-refractivity contribution in [3.8, 4) is 0 Å². The van der Waals surface area contributed by atoms with E-state index in [9.17, 15) is 18.5 Å². The Hall–Kier alpha value is -1.67. The van der Waals surface area contributed by atoms with Crippen molar-refractivity contribution in [3.05, 3.63) is 28.3 Å². The summed E-state index contributed by atoms with van der Waals surface area (Å²) in [5.74, 6) is 0. The van der Waals surface area contributed by atoms with Gasteiger partial charge in [-0.05, 0) is 30.4 Å². The molecule has 0 aromatic heterocycles. The van der Waals surface area contributed by atoms with Gasteiger partial charge < -0.3 is 5.73 Å². The van der Waals surface area contributed by atoms with Crippen LogP contribution in [0, 0.1) is 15.5 Å². The van der Waals surface area contributed by atoms with Crippen LogP contribution in [0.15, 0.2) is 23.1 Å². The molecule has 0 heterocycles. The zero-order valence-electron chi connectivity index (χ0n) is 11.1. The molecule has 0 atom stereocenters. The van der Waals surface area contributed by atoms with Crippen LogP contribution in [0.2, 0.25) is 0 Å². The van der Waals surface area contributed by atoms with Gasteiger partial charge in [0.15, 0.2) is 0 Å². The fourth-order valence-electron chi connectivity index (χ4n) is 2.16. The van der Waals surface area contributed by atoms with Crippen molar-refractivity contribution in [2.75, 3.05) is 12.3 Å². The Morgan fingerprint density at radius 1 is 1.45 bits per heavy atom. The number of rotatable bonds is 5. The predicted octanol–water partition coefficient (Wildman–Crippen LogP) is 1.65. The highest BCUT2D eigenvalue weighted by molar-refractivity contribution is 7.89. The molecule has 1 fully saturated rings. The molecule has 0 amide bonds. The molecule has 0 aliphatic heterocycles. The van der Waals surface area contributed by atoms with Crippen LogP contribution >= 0.6 is 0 Å². The summed E-state index contributed by atoms with van der Waals surface area (Å²) in [6.45, 7) is 2.36. The normalized spacial score (nSPS) is 17.4. The molecule has 0 spiro atoms. The first-order valence-corrected chi connectivity index (χ1v) is 7.75. The van der Waals surface area contributed by atoms with Gasteiger partial charge in [0.2, 0.25) is 10.0 Å². The number of hydrogen-bond donors (Lipinski definition) is 2. The van der Waals surface area contributed by atoms with E-state index in [-0.39, 0.29) is 16.0 Å². The van der Waals surface area contributed by atoms with Gasteiger partial charge in [-0.1, -0.05) is 13.3 Å². The lowest BCUT2D eigenvalue weighted by Gasteiger charge is -2.38. The zero-order chi connectivity index (χ0) is 15.0. The molecule has 0 radical (unpaired) electrons. The van der Waals surface area contributed by atoms with Gasteiger partial charge >= 0.3 is 0 Å². The lowest BCUT2D eigenvalue weighted by atomic mass is 9.71. The lowest BCUT2D eigenvalue weighted by Crippen LogP contribution is -2.39. The Bertz CT molecular complexity index is 638. The Morgan fingerprint density at radius 3 is 2.60 bits per heavy atom. The number of nitrogen functional groups attached to an aromatic ring is 1. The number of nitrogens with zero attached hydrogens (tertiary/aromatic N) is 1. The van der Waals surface area contributed by atoms with Crippen LogP contribution in [0.25, 0.3) is 0 Å². The van der Waals surface area contributed by atoms with Gasteiger partial charge in [-0.15, -0.1) is 0 Å². The second-order valence-electron chi connectivity index (χ2n) is 5.47. The summed E-state index contributed by atoms with van der Waals surface area (Å²) in [6, 6.07) is 3.49. The second kappa shape index (κ2) is 5.02. The molecule has 20 heavy (non-hydrogen) atoms. The van der Waals surface area contributed by atoms with Crippen LogP contribution in [0.5, 0.6) is 0 Å². The Labute approximate surface area is 117 Å². The lowest BCUT2D eigenvalue weighted by molar-refractivity contribution is -0.384. The highest BCUT2D eigenvalue weighted by atomic mass is 32.2. The fourth-order valence-corrected chi connectivity index (χ4v) is 3.38. The van der Waals surface area contributed by atoms with Gasteiger partial charge in [0, 0.05) is 12.6 Å². The van der Waals surface area contributed by atoms with Crippen LogP contribution in [0.4, 0.5) is 11.4 Å². The molecule has 1 saturated carbocycles. The molecular formula is C12H17N3O4S. The minimum atomic E-state index is -3.75. The summed E-state index contributed by atoms with van der Waals surface area (Å²) in [5.41, 5.74) is 4.99. The molecule has 7 nitrogen and oxygen atoms in total. The van der Waals surface area contributed by atoms with Crippen LogP contribution < -0.4 is 10.5 Å². The van der Waals surface area contributed by atoms with Crippen LogP contribution in [0.1, 0.15) is 26.2 Å². The molecule has 2 rings (SSSR count). The summed E-state index contributed by atoms with van der Waals surface area (Å²) < 4.78 is 26.8. The number of nitrogens with one attached hydrogen (secondary N) is 1. The third-order valence-electron chi connectivity index (χ3n) is 3.76. The van der Waals surface area contributed by atoms with E-state index in [0.717, 1.165) is 25.3 Å². The van der Waals surface area contributed by atoms with E-state index < -0.39 is 20.6 Å². The fraction of sp³-hybridized carbons (Fsp3) is 0.500. The first-order chi connectivity index (χ1) is 9.23. The summed E-state index contributed by atoms with van der Waals surface area (Å²) in [7, 11) is -3.75. The van der Waals surface area contributed by atoms with E-state index in [2.05, 4.69) is 4.72 Å². The molecule has 1 aliphatic rings. The van der Waals surface area contributed by atoms with Crippen molar-refractivity contribution in [2.24, 2.45) is 5.41 Å². The van der Waals surface area contributed by atoms with Crippen LogP contribution in [-0.2, 0) is 10.0 Å². The number of benzene rings is 1. The maximum Gasteiger partial charge on any atom is 0.293 e. The minimum absolute atomic E-state index is 0.00713. The number of nitro benzene ring substituents is 1. The van der Waals surface area contributed by atoms with E-state index in [1.807, 2.05) is 6.92 Å². The SMILES string of the molecule is CC1(CNS(=O)(=O)c2ccc(N)c([N+](=O)[O-])c2)CCC1. The van der Waals surface area contributed by atoms with Crippen molar-refractivity contribution in [1.29, 1.82) is 0 Å². The first-order valence-electron chi connectivity index (χ1n) is 6.27. The van der Waals surface area contributed by atoms with E-state index in [1.165, 1.54) is 12.1 Å². The first kappa shape index (κ1) is 14.7. The molecule has 8 heteroatoms. The average Bonchev–Trinajstić information content (AvgIpc) is 2.34. The molecule has 1 aromatic rings. The number of sulfonamides is 1. The van der Waals surface area contributed by atoms with Gasteiger partial charge in [-0.2, -0.15) is 0 Å². The van der Waals surface area contributed by atoms with Gasteiger partial charge in [0.25, 0.3) is 5.69 Å². The van der Waals surface area contributed by atoms with Gasteiger partial charge in [0.05, 0.1) is 9.82 Å². The number of nitro groups is 1. The average molecular weight is 299 g/mol. The maximum absolute atomic E-state index is 12.1. The van der Waals surface area contributed by atoms with Gasteiger partial charge in [-0.25, -0.2) is 13.1 Å². The number of anilines is 1. The van der Waals surface area contributed by atoms with Crippen LogP contribution in [0.3, 0.4) is 0 Å². The van der Waals surface area contributed by atoms with E-state index >= 15 is 0 Å². The summed E-state index contributed by atoms with van der Waals surface area (Å²) in [6.07, 6.45) is 3.07.